The molecular formula is C25H25N3O2. The summed E-state index contributed by atoms with van der Waals surface area (Å²) in [6.45, 7) is 3.34. The second-order valence-electron chi connectivity index (χ2n) is 8.02. The Labute approximate surface area is 177 Å². The van der Waals surface area contributed by atoms with Crippen LogP contribution < -0.4 is 4.74 Å². The number of carbonyl (C=O) groups is 1. The van der Waals surface area contributed by atoms with E-state index in [-0.39, 0.29) is 17.9 Å². The number of amides is 1. The molecular weight excluding hydrogens is 374 g/mol. The van der Waals surface area contributed by atoms with Gasteiger partial charge in [-0.3, -0.25) is 9.79 Å². The van der Waals surface area contributed by atoms with Crippen LogP contribution in [0, 0.1) is 5.92 Å². The van der Waals surface area contributed by atoms with E-state index in [0.29, 0.717) is 0 Å². The van der Waals surface area contributed by atoms with Crippen molar-refractivity contribution in [3.05, 3.63) is 84.0 Å². The highest BCUT2D eigenvalue weighted by molar-refractivity contribution is 6.07. The molecule has 2 aromatic carbocycles. The van der Waals surface area contributed by atoms with Crippen molar-refractivity contribution in [2.45, 2.75) is 6.10 Å². The van der Waals surface area contributed by atoms with Crippen LogP contribution in [0.15, 0.2) is 83.4 Å². The number of fused-ring (bicyclic) bond motifs is 2. The lowest BCUT2D eigenvalue weighted by molar-refractivity contribution is -0.128. The zero-order chi connectivity index (χ0) is 20.5. The second kappa shape index (κ2) is 7.92. The van der Waals surface area contributed by atoms with E-state index in [1.165, 1.54) is 0 Å². The Kier molecular flexibility index (Phi) is 4.97. The fraction of sp³-hybridized carbons (Fsp3) is 0.280. The highest BCUT2D eigenvalue weighted by Gasteiger charge is 2.35. The van der Waals surface area contributed by atoms with Gasteiger partial charge in [-0.25, -0.2) is 0 Å². The first-order valence-corrected chi connectivity index (χ1v) is 10.5. The van der Waals surface area contributed by atoms with Crippen molar-refractivity contribution >= 4 is 17.3 Å². The summed E-state index contributed by atoms with van der Waals surface area (Å²) in [5, 5.41) is 0. The van der Waals surface area contributed by atoms with Gasteiger partial charge < -0.3 is 14.5 Å². The molecule has 2 heterocycles. The van der Waals surface area contributed by atoms with Gasteiger partial charge in [-0.2, -0.15) is 0 Å². The van der Waals surface area contributed by atoms with Crippen molar-refractivity contribution in [1.82, 2.24) is 9.80 Å². The number of hydrogen-bond acceptors (Lipinski definition) is 4. The van der Waals surface area contributed by atoms with E-state index in [4.69, 9.17) is 9.73 Å². The molecule has 0 spiro atoms. The van der Waals surface area contributed by atoms with Gasteiger partial charge in [0.25, 0.3) is 5.91 Å². The maximum Gasteiger partial charge on any atom is 0.253 e. The number of benzene rings is 2. The normalized spacial score (nSPS) is 23.2. The number of hydrogen-bond donors (Lipinski definition) is 0. The van der Waals surface area contributed by atoms with Crippen molar-refractivity contribution in [3.8, 4) is 5.75 Å². The molecule has 5 rings (SSSR count). The van der Waals surface area contributed by atoms with Gasteiger partial charge in [-0.15, -0.1) is 0 Å². The summed E-state index contributed by atoms with van der Waals surface area (Å²) in [6, 6.07) is 17.9. The van der Waals surface area contributed by atoms with Crippen LogP contribution >= 0.6 is 0 Å². The smallest absolute Gasteiger partial charge is 0.253 e. The molecule has 0 saturated carbocycles. The first-order valence-electron chi connectivity index (χ1n) is 10.5. The van der Waals surface area contributed by atoms with Crippen LogP contribution in [0.1, 0.15) is 11.7 Å². The Balaban J connectivity index is 1.47. The first kappa shape index (κ1) is 18.8. The minimum absolute atomic E-state index is 0.0933. The van der Waals surface area contributed by atoms with E-state index in [9.17, 15) is 4.79 Å². The number of allylic oxidation sites excluding steroid dienone is 1. The highest BCUT2D eigenvalue weighted by Crippen LogP contribution is 2.42. The minimum atomic E-state index is -0.226. The van der Waals surface area contributed by atoms with Crippen LogP contribution in [0.25, 0.3) is 0 Å². The van der Waals surface area contributed by atoms with Crippen molar-refractivity contribution < 1.29 is 9.53 Å². The van der Waals surface area contributed by atoms with Gasteiger partial charge in [-0.1, -0.05) is 42.5 Å². The number of rotatable bonds is 3. The van der Waals surface area contributed by atoms with Gasteiger partial charge in [0.15, 0.2) is 0 Å². The number of aliphatic imine (C=N–C) groups is 1. The SMILES string of the molecule is CN1CCN(C(=O)C2=CC3C(=Nc4ccccc4C3Oc3ccccc3)C=C2)CC1. The molecule has 30 heavy (non-hydrogen) atoms. The van der Waals surface area contributed by atoms with Crippen LogP contribution in [0.3, 0.4) is 0 Å². The van der Waals surface area contributed by atoms with Crippen molar-refractivity contribution in [2.75, 3.05) is 33.2 Å². The average molecular weight is 399 g/mol. The fourth-order valence-corrected chi connectivity index (χ4v) is 4.25. The number of carbonyl (C=O) groups excluding carboxylic acids is 1. The van der Waals surface area contributed by atoms with Gasteiger partial charge in [0.1, 0.15) is 11.9 Å². The van der Waals surface area contributed by atoms with Crippen molar-refractivity contribution in [2.24, 2.45) is 10.9 Å². The number of likely N-dealkylation sites (N-methyl/N-ethyl adjacent to an activating group) is 1. The van der Waals surface area contributed by atoms with Crippen LogP contribution in [-0.2, 0) is 4.79 Å². The first-order chi connectivity index (χ1) is 14.7. The summed E-state index contributed by atoms with van der Waals surface area (Å²) in [4.78, 5) is 22.2. The number of nitrogens with zero attached hydrogens (tertiary/aromatic N) is 3. The number of piperazine rings is 1. The predicted octanol–water partition coefficient (Wildman–Crippen LogP) is 3.78. The molecule has 1 aliphatic carbocycles. The Morgan fingerprint density at radius 2 is 1.70 bits per heavy atom. The Bertz CT molecular complexity index is 1030. The van der Waals surface area contributed by atoms with E-state index in [2.05, 4.69) is 18.0 Å². The molecule has 5 nitrogen and oxygen atoms in total. The largest absolute Gasteiger partial charge is 0.485 e. The fourth-order valence-electron chi connectivity index (χ4n) is 4.25. The van der Waals surface area contributed by atoms with E-state index < -0.39 is 0 Å². The summed E-state index contributed by atoms with van der Waals surface area (Å²) in [6.07, 6.45) is 5.70. The van der Waals surface area contributed by atoms with E-state index >= 15 is 0 Å². The molecule has 1 saturated heterocycles. The molecule has 0 radical (unpaired) electrons. The van der Waals surface area contributed by atoms with Crippen LogP contribution in [0.2, 0.25) is 0 Å². The second-order valence-corrected chi connectivity index (χ2v) is 8.02. The summed E-state index contributed by atoms with van der Waals surface area (Å²) in [5.41, 5.74) is 3.64. The highest BCUT2D eigenvalue weighted by atomic mass is 16.5. The van der Waals surface area contributed by atoms with E-state index in [1.54, 1.807) is 0 Å². The maximum atomic E-state index is 13.2. The third-order valence-corrected chi connectivity index (χ3v) is 6.00. The molecule has 1 fully saturated rings. The lowest BCUT2D eigenvalue weighted by Gasteiger charge is -2.35. The molecule has 152 valence electrons. The average Bonchev–Trinajstić information content (AvgIpc) is 2.79. The lowest BCUT2D eigenvalue weighted by atomic mass is 9.83. The van der Waals surface area contributed by atoms with Crippen LogP contribution in [-0.4, -0.2) is 54.6 Å². The Morgan fingerprint density at radius 1 is 0.967 bits per heavy atom. The van der Waals surface area contributed by atoms with Gasteiger partial charge in [0, 0.05) is 37.3 Å². The lowest BCUT2D eigenvalue weighted by Crippen LogP contribution is -2.47. The van der Waals surface area contributed by atoms with Gasteiger partial charge in [0.2, 0.25) is 0 Å². The summed E-state index contributed by atoms with van der Waals surface area (Å²) in [7, 11) is 2.09. The molecule has 5 heteroatoms. The van der Waals surface area contributed by atoms with Crippen molar-refractivity contribution in [3.63, 3.8) is 0 Å². The predicted molar refractivity (Wildman–Crippen MR) is 118 cm³/mol. The molecule has 3 aliphatic rings. The maximum absolute atomic E-state index is 13.2. The van der Waals surface area contributed by atoms with Gasteiger partial charge in [0.05, 0.1) is 17.3 Å². The number of ether oxygens (including phenoxy) is 1. The molecule has 2 aliphatic heterocycles. The van der Waals surface area contributed by atoms with Gasteiger partial charge in [-0.05, 0) is 37.4 Å². The molecule has 2 unspecified atom stereocenters. The topological polar surface area (TPSA) is 45.1 Å². The minimum Gasteiger partial charge on any atom is -0.485 e. The molecule has 0 aromatic heterocycles. The monoisotopic (exact) mass is 399 g/mol. The van der Waals surface area contributed by atoms with E-state index in [1.807, 2.05) is 71.7 Å². The van der Waals surface area contributed by atoms with Crippen LogP contribution in [0.5, 0.6) is 5.75 Å². The summed E-state index contributed by atoms with van der Waals surface area (Å²) in [5.74, 6) is 0.806. The molecule has 2 atom stereocenters. The summed E-state index contributed by atoms with van der Waals surface area (Å²) >= 11 is 0. The standard InChI is InChI=1S/C25H25N3O2/c1-27-13-15-28(16-14-27)25(29)18-11-12-23-21(17-18)24(30-19-7-3-2-4-8-19)20-9-5-6-10-22(20)26-23/h2-12,17,21,24H,13-16H2,1H3. The van der Waals surface area contributed by atoms with Crippen molar-refractivity contribution in [1.29, 1.82) is 0 Å². The molecule has 0 bridgehead atoms. The zero-order valence-electron chi connectivity index (χ0n) is 17.1. The quantitative estimate of drug-likeness (QED) is 0.789. The third kappa shape index (κ3) is 3.57. The molecule has 0 N–H and O–H groups in total. The van der Waals surface area contributed by atoms with Gasteiger partial charge >= 0.3 is 0 Å². The Hall–Kier alpha value is -3.18. The zero-order valence-corrected chi connectivity index (χ0v) is 17.1. The summed E-state index contributed by atoms with van der Waals surface area (Å²) < 4.78 is 6.45. The number of para-hydroxylation sites is 2. The van der Waals surface area contributed by atoms with Crippen LogP contribution in [0.4, 0.5) is 5.69 Å². The Morgan fingerprint density at radius 3 is 2.50 bits per heavy atom. The molecule has 1 amide bonds. The molecule has 2 aromatic rings. The van der Waals surface area contributed by atoms with E-state index in [0.717, 1.165) is 54.5 Å². The third-order valence-electron chi connectivity index (χ3n) is 6.00.